The number of aromatic nitrogens is 1. The molecule has 3 nitrogen and oxygen atoms in total. The van der Waals surface area contributed by atoms with Crippen LogP contribution in [0.5, 0.6) is 0 Å². The van der Waals surface area contributed by atoms with Gasteiger partial charge >= 0.3 is 0 Å². The van der Waals surface area contributed by atoms with Crippen molar-refractivity contribution < 1.29 is 9.53 Å². The number of hydrogen-bond acceptors (Lipinski definition) is 2. The van der Waals surface area contributed by atoms with E-state index in [0.717, 1.165) is 57.6 Å². The minimum atomic E-state index is 0.0658. The molecular weight excluding hydrogens is 390 g/mol. The van der Waals surface area contributed by atoms with Crippen LogP contribution in [0.15, 0.2) is 53.1 Å². The number of nitrogens with zero attached hydrogens (tertiary/aromatic N) is 1. The second-order valence-electron chi connectivity index (χ2n) is 7.04. The van der Waals surface area contributed by atoms with Gasteiger partial charge in [0.05, 0.1) is 11.8 Å². The second kappa shape index (κ2) is 5.93. The number of benzene rings is 2. The first-order valence-corrected chi connectivity index (χ1v) is 9.71. The summed E-state index contributed by atoms with van der Waals surface area (Å²) in [5.74, 6) is 0.0844. The Hall–Kier alpha value is -2.17. The number of ketones is 1. The number of fused-ring (bicyclic) bond motifs is 3. The van der Waals surface area contributed by atoms with E-state index in [0.29, 0.717) is 0 Å². The highest BCUT2D eigenvalue weighted by molar-refractivity contribution is 9.10. The molecule has 2 aromatic carbocycles. The topological polar surface area (TPSA) is 31.2 Å². The summed E-state index contributed by atoms with van der Waals surface area (Å²) in [7, 11) is 0. The summed E-state index contributed by atoms with van der Waals surface area (Å²) < 4.78 is 8.95. The fourth-order valence-corrected chi connectivity index (χ4v) is 4.42. The van der Waals surface area contributed by atoms with Crippen LogP contribution in [0, 0.1) is 6.92 Å². The number of rotatable bonds is 2. The van der Waals surface area contributed by atoms with E-state index < -0.39 is 0 Å². The molecule has 0 spiro atoms. The number of carbonyl (C=O) groups is 1. The molecule has 26 heavy (non-hydrogen) atoms. The molecule has 1 unspecified atom stereocenters. The van der Waals surface area contributed by atoms with Gasteiger partial charge in [-0.15, -0.1) is 0 Å². The van der Waals surface area contributed by atoms with Crippen LogP contribution in [0.3, 0.4) is 0 Å². The number of aryl methyl sites for hydroxylation is 1. The average molecular weight is 408 g/mol. The zero-order valence-electron chi connectivity index (χ0n) is 14.5. The molecule has 0 N–H and O–H groups in total. The van der Waals surface area contributed by atoms with E-state index in [9.17, 15) is 4.79 Å². The van der Waals surface area contributed by atoms with Gasteiger partial charge in [0.25, 0.3) is 0 Å². The van der Waals surface area contributed by atoms with Crippen molar-refractivity contribution >= 4 is 21.7 Å². The third kappa shape index (κ3) is 2.32. The first kappa shape index (κ1) is 16.0. The molecule has 3 aromatic rings. The van der Waals surface area contributed by atoms with Gasteiger partial charge in [0, 0.05) is 34.0 Å². The maximum Gasteiger partial charge on any atom is 0.212 e. The van der Waals surface area contributed by atoms with Gasteiger partial charge < -0.3 is 9.30 Å². The van der Waals surface area contributed by atoms with Crippen LogP contribution in [0.4, 0.5) is 0 Å². The lowest BCUT2D eigenvalue weighted by Crippen LogP contribution is -2.01. The molecule has 1 saturated heterocycles. The maximum absolute atomic E-state index is 13.2. The van der Waals surface area contributed by atoms with Gasteiger partial charge in [-0.2, -0.15) is 0 Å². The Morgan fingerprint density at radius 3 is 2.69 bits per heavy atom. The smallest absolute Gasteiger partial charge is 0.212 e. The molecule has 2 aliphatic heterocycles. The summed E-state index contributed by atoms with van der Waals surface area (Å²) in [5, 5.41) is 0. The predicted molar refractivity (Wildman–Crippen MR) is 105 cm³/mol. The Balaban J connectivity index is 1.77. The summed E-state index contributed by atoms with van der Waals surface area (Å²) >= 11 is 3.48. The number of carbonyl (C=O) groups excluding carboxylic acids is 1. The highest BCUT2D eigenvalue weighted by Gasteiger charge is 2.35. The van der Waals surface area contributed by atoms with Crippen LogP contribution < -0.4 is 0 Å². The number of halogens is 1. The Labute approximate surface area is 160 Å². The third-order valence-corrected chi connectivity index (χ3v) is 5.82. The predicted octanol–water partition coefficient (Wildman–Crippen LogP) is 5.61. The lowest BCUT2D eigenvalue weighted by atomic mass is 9.94. The highest BCUT2D eigenvalue weighted by Crippen LogP contribution is 2.44. The molecule has 4 heteroatoms. The van der Waals surface area contributed by atoms with Crippen molar-refractivity contribution in [3.05, 3.63) is 75.5 Å². The van der Waals surface area contributed by atoms with Gasteiger partial charge in [-0.25, -0.2) is 0 Å². The summed E-state index contributed by atoms with van der Waals surface area (Å²) in [6.07, 6.45) is 4.24. The molecule has 5 rings (SSSR count). The van der Waals surface area contributed by atoms with E-state index >= 15 is 0 Å². The fourth-order valence-electron chi connectivity index (χ4n) is 4.06. The summed E-state index contributed by atoms with van der Waals surface area (Å²) in [4.78, 5) is 13.2. The van der Waals surface area contributed by atoms with Gasteiger partial charge in [-0.05, 0) is 43.5 Å². The molecule has 0 radical (unpaired) electrons. The normalized spacial score (nSPS) is 18.2. The standard InChI is InChI=1S/C22H18BrNO2/c1-13-4-6-14(7-5-13)20-17(19-3-2-10-26-19)12-24-18-9-8-15(23)11-16(18)22(25)21(20)24/h4-9,11-12,19H,2-3,10H2,1H3. The van der Waals surface area contributed by atoms with Crippen molar-refractivity contribution in [2.24, 2.45) is 0 Å². The minimum Gasteiger partial charge on any atom is -0.373 e. The van der Waals surface area contributed by atoms with Gasteiger partial charge in [0.1, 0.15) is 5.69 Å². The average Bonchev–Trinajstić information content (AvgIpc) is 3.33. The largest absolute Gasteiger partial charge is 0.373 e. The van der Waals surface area contributed by atoms with Crippen molar-refractivity contribution in [2.45, 2.75) is 25.9 Å². The third-order valence-electron chi connectivity index (χ3n) is 5.33. The Morgan fingerprint density at radius 1 is 1.15 bits per heavy atom. The van der Waals surface area contributed by atoms with Crippen LogP contribution in [0.2, 0.25) is 0 Å². The van der Waals surface area contributed by atoms with Gasteiger partial charge in [0.15, 0.2) is 0 Å². The van der Waals surface area contributed by atoms with E-state index in [4.69, 9.17) is 4.74 Å². The number of hydrogen-bond donors (Lipinski definition) is 0. The monoisotopic (exact) mass is 407 g/mol. The summed E-state index contributed by atoms with van der Waals surface area (Å²) in [6, 6.07) is 14.3. The minimum absolute atomic E-state index is 0.0658. The van der Waals surface area contributed by atoms with Crippen molar-refractivity contribution in [1.82, 2.24) is 4.57 Å². The molecule has 2 aliphatic rings. The SMILES string of the molecule is Cc1ccc(-c2c(C3CCCO3)cn3c2C(=O)c2cc(Br)ccc2-3)cc1. The molecule has 0 bridgehead atoms. The summed E-state index contributed by atoms with van der Waals surface area (Å²) in [6.45, 7) is 2.86. The molecule has 0 aliphatic carbocycles. The first-order valence-electron chi connectivity index (χ1n) is 8.92. The lowest BCUT2D eigenvalue weighted by Gasteiger charge is -2.12. The van der Waals surface area contributed by atoms with Gasteiger partial charge in [-0.3, -0.25) is 4.79 Å². The lowest BCUT2D eigenvalue weighted by molar-refractivity contribution is 0.104. The molecule has 1 fully saturated rings. The van der Waals surface area contributed by atoms with E-state index in [-0.39, 0.29) is 11.9 Å². The van der Waals surface area contributed by atoms with Crippen LogP contribution in [0.25, 0.3) is 16.8 Å². The van der Waals surface area contributed by atoms with E-state index in [1.807, 2.05) is 18.2 Å². The van der Waals surface area contributed by atoms with Crippen LogP contribution in [-0.2, 0) is 4.74 Å². The fraction of sp³-hybridized carbons (Fsp3) is 0.227. The number of ether oxygens (including phenoxy) is 1. The Kier molecular flexibility index (Phi) is 3.66. The van der Waals surface area contributed by atoms with E-state index in [1.165, 1.54) is 5.56 Å². The molecule has 130 valence electrons. The molecule has 1 aromatic heterocycles. The zero-order chi connectivity index (χ0) is 17.8. The van der Waals surface area contributed by atoms with Crippen LogP contribution in [0.1, 0.15) is 46.1 Å². The molecule has 1 atom stereocenters. The van der Waals surface area contributed by atoms with Crippen molar-refractivity contribution in [3.8, 4) is 16.8 Å². The zero-order valence-corrected chi connectivity index (χ0v) is 16.0. The van der Waals surface area contributed by atoms with Gasteiger partial charge in [0.2, 0.25) is 5.78 Å². The second-order valence-corrected chi connectivity index (χ2v) is 7.95. The van der Waals surface area contributed by atoms with Crippen LogP contribution >= 0.6 is 15.9 Å². The molecule has 3 heterocycles. The molecular formula is C22H18BrNO2. The van der Waals surface area contributed by atoms with Crippen LogP contribution in [-0.4, -0.2) is 17.0 Å². The summed E-state index contributed by atoms with van der Waals surface area (Å²) in [5.41, 5.74) is 6.90. The van der Waals surface area contributed by atoms with Crippen molar-refractivity contribution in [3.63, 3.8) is 0 Å². The highest BCUT2D eigenvalue weighted by atomic mass is 79.9. The van der Waals surface area contributed by atoms with Gasteiger partial charge in [-0.1, -0.05) is 45.8 Å². The van der Waals surface area contributed by atoms with E-state index in [2.05, 4.69) is 57.9 Å². The van der Waals surface area contributed by atoms with E-state index in [1.54, 1.807) is 0 Å². The van der Waals surface area contributed by atoms with Crippen molar-refractivity contribution in [1.29, 1.82) is 0 Å². The quantitative estimate of drug-likeness (QED) is 0.432. The maximum atomic E-state index is 13.2. The molecule has 0 amide bonds. The Bertz CT molecular complexity index is 1030. The first-order chi connectivity index (χ1) is 12.6. The van der Waals surface area contributed by atoms with Crippen molar-refractivity contribution in [2.75, 3.05) is 6.61 Å². The Morgan fingerprint density at radius 2 is 1.96 bits per heavy atom. The molecule has 0 saturated carbocycles.